The maximum atomic E-state index is 13.1. The predicted molar refractivity (Wildman–Crippen MR) is 108 cm³/mol. The Bertz CT molecular complexity index is 1030. The number of sulfonamides is 1. The van der Waals surface area contributed by atoms with Crippen molar-refractivity contribution in [3.05, 3.63) is 52.6 Å². The van der Waals surface area contributed by atoms with E-state index in [0.29, 0.717) is 35.9 Å². The van der Waals surface area contributed by atoms with Crippen molar-refractivity contribution in [1.82, 2.24) is 19.0 Å². The van der Waals surface area contributed by atoms with Crippen molar-refractivity contribution >= 4 is 33.6 Å². The van der Waals surface area contributed by atoms with Gasteiger partial charge in [-0.3, -0.25) is 9.48 Å². The fraction of sp³-hybridized carbons (Fsp3) is 0.368. The number of halogens is 2. The lowest BCUT2D eigenvalue weighted by Gasteiger charge is -2.21. The Labute approximate surface area is 174 Å². The van der Waals surface area contributed by atoms with Crippen LogP contribution in [0.5, 0.6) is 0 Å². The molecule has 156 valence electrons. The lowest BCUT2D eigenvalue weighted by atomic mass is 10.2. The van der Waals surface area contributed by atoms with Crippen LogP contribution >= 0.6 is 11.6 Å². The molecule has 1 amide bonds. The number of aryl methyl sites for hydroxylation is 2. The SMILES string of the molecule is Cc1nn(C)c(Cl)c1/C=C/C(=O)N1CCCN(S(=O)(=O)c2ccc(F)cc2)CC1. The van der Waals surface area contributed by atoms with Crippen molar-refractivity contribution in [3.8, 4) is 0 Å². The molecule has 1 aliphatic heterocycles. The molecule has 1 fully saturated rings. The topological polar surface area (TPSA) is 75.5 Å². The molecule has 1 saturated heterocycles. The van der Waals surface area contributed by atoms with Gasteiger partial charge < -0.3 is 4.90 Å². The number of carbonyl (C=O) groups excluding carboxylic acids is 1. The van der Waals surface area contributed by atoms with Crippen LogP contribution in [0, 0.1) is 12.7 Å². The van der Waals surface area contributed by atoms with Crippen LogP contribution < -0.4 is 0 Å². The third kappa shape index (κ3) is 4.68. The first-order valence-corrected chi connectivity index (χ1v) is 10.9. The lowest BCUT2D eigenvalue weighted by molar-refractivity contribution is -0.125. The van der Waals surface area contributed by atoms with Gasteiger partial charge in [0.1, 0.15) is 11.0 Å². The molecule has 1 aromatic heterocycles. The van der Waals surface area contributed by atoms with Crippen LogP contribution in [-0.2, 0) is 21.9 Å². The summed E-state index contributed by atoms with van der Waals surface area (Å²) in [5.41, 5.74) is 1.40. The zero-order valence-corrected chi connectivity index (χ0v) is 17.7. The van der Waals surface area contributed by atoms with E-state index >= 15 is 0 Å². The molecule has 1 aliphatic rings. The van der Waals surface area contributed by atoms with Gasteiger partial charge in [-0.1, -0.05) is 11.6 Å². The minimum absolute atomic E-state index is 0.0419. The summed E-state index contributed by atoms with van der Waals surface area (Å²) in [4.78, 5) is 14.2. The first-order chi connectivity index (χ1) is 13.7. The summed E-state index contributed by atoms with van der Waals surface area (Å²) < 4.78 is 41.5. The van der Waals surface area contributed by atoms with Gasteiger partial charge in [0.05, 0.1) is 10.6 Å². The molecule has 3 rings (SSSR count). The molecular weight excluding hydrogens is 419 g/mol. The molecule has 0 saturated carbocycles. The van der Waals surface area contributed by atoms with Gasteiger partial charge in [0.2, 0.25) is 15.9 Å². The normalized spacial score (nSPS) is 16.3. The number of amides is 1. The summed E-state index contributed by atoms with van der Waals surface area (Å²) in [5, 5.41) is 4.64. The van der Waals surface area contributed by atoms with E-state index in [0.717, 1.165) is 12.1 Å². The number of hydrogen-bond acceptors (Lipinski definition) is 4. The molecule has 10 heteroatoms. The molecule has 7 nitrogen and oxygen atoms in total. The highest BCUT2D eigenvalue weighted by Gasteiger charge is 2.27. The van der Waals surface area contributed by atoms with E-state index in [4.69, 9.17) is 11.6 Å². The molecule has 0 aliphatic carbocycles. The Hall–Kier alpha value is -2.23. The Morgan fingerprint density at radius 1 is 1.17 bits per heavy atom. The summed E-state index contributed by atoms with van der Waals surface area (Å²) in [7, 11) is -2.01. The Kier molecular flexibility index (Phi) is 6.40. The van der Waals surface area contributed by atoms with Crippen LogP contribution in [-0.4, -0.2) is 59.5 Å². The van der Waals surface area contributed by atoms with Crippen LogP contribution in [0.1, 0.15) is 17.7 Å². The second kappa shape index (κ2) is 8.64. The van der Waals surface area contributed by atoms with E-state index in [2.05, 4.69) is 5.10 Å². The molecule has 0 radical (unpaired) electrons. The Balaban J connectivity index is 1.68. The summed E-state index contributed by atoms with van der Waals surface area (Å²) >= 11 is 6.17. The third-order valence-corrected chi connectivity index (χ3v) is 7.17. The second-order valence-electron chi connectivity index (χ2n) is 6.78. The van der Waals surface area contributed by atoms with Gasteiger partial charge >= 0.3 is 0 Å². The van der Waals surface area contributed by atoms with Crippen LogP contribution in [0.4, 0.5) is 4.39 Å². The minimum Gasteiger partial charge on any atom is -0.338 e. The maximum absolute atomic E-state index is 13.1. The van der Waals surface area contributed by atoms with Crippen molar-refractivity contribution < 1.29 is 17.6 Å². The van der Waals surface area contributed by atoms with Crippen molar-refractivity contribution in [2.75, 3.05) is 26.2 Å². The molecule has 2 heterocycles. The Morgan fingerprint density at radius 3 is 2.48 bits per heavy atom. The number of rotatable bonds is 4. The third-order valence-electron chi connectivity index (χ3n) is 4.81. The molecule has 0 N–H and O–H groups in total. The average Bonchev–Trinajstić information content (AvgIpc) is 2.86. The summed E-state index contributed by atoms with van der Waals surface area (Å²) in [6.45, 7) is 2.98. The highest BCUT2D eigenvalue weighted by Crippen LogP contribution is 2.21. The monoisotopic (exact) mass is 440 g/mol. The highest BCUT2D eigenvalue weighted by molar-refractivity contribution is 7.89. The second-order valence-corrected chi connectivity index (χ2v) is 9.08. The largest absolute Gasteiger partial charge is 0.338 e. The number of aromatic nitrogens is 2. The van der Waals surface area contributed by atoms with Crippen LogP contribution in [0.3, 0.4) is 0 Å². The van der Waals surface area contributed by atoms with Crippen LogP contribution in [0.25, 0.3) is 6.08 Å². The quantitative estimate of drug-likeness (QED) is 0.684. The first-order valence-electron chi connectivity index (χ1n) is 9.12. The first kappa shape index (κ1) is 21.5. The van der Waals surface area contributed by atoms with Gasteiger partial charge in [-0.15, -0.1) is 0 Å². The van der Waals surface area contributed by atoms with E-state index < -0.39 is 15.8 Å². The Morgan fingerprint density at radius 2 is 1.86 bits per heavy atom. The van der Waals surface area contributed by atoms with Gasteiger partial charge in [0.15, 0.2) is 0 Å². The summed E-state index contributed by atoms with van der Waals surface area (Å²) in [6, 6.07) is 4.75. The van der Waals surface area contributed by atoms with Gasteiger partial charge in [-0.25, -0.2) is 12.8 Å². The fourth-order valence-corrected chi connectivity index (χ4v) is 4.91. The molecule has 2 aromatic rings. The number of hydrogen-bond donors (Lipinski definition) is 0. The lowest BCUT2D eigenvalue weighted by Crippen LogP contribution is -2.36. The van der Waals surface area contributed by atoms with E-state index in [1.807, 2.05) is 0 Å². The standard InChI is InChI=1S/C19H22ClFN4O3S/c1-14-17(19(20)23(2)22-14)8-9-18(26)24-10-3-11-25(13-12-24)29(27,28)16-6-4-15(21)5-7-16/h4-9H,3,10-13H2,1-2H3/b9-8+. The molecule has 1 aromatic carbocycles. The molecule has 0 atom stereocenters. The average molecular weight is 441 g/mol. The molecule has 0 spiro atoms. The van der Waals surface area contributed by atoms with Crippen molar-refractivity contribution in [2.45, 2.75) is 18.2 Å². The van der Waals surface area contributed by atoms with E-state index in [1.54, 1.807) is 24.9 Å². The van der Waals surface area contributed by atoms with Crippen LogP contribution in [0.15, 0.2) is 35.2 Å². The van der Waals surface area contributed by atoms with Crippen molar-refractivity contribution in [1.29, 1.82) is 0 Å². The molecule has 0 unspecified atom stereocenters. The number of benzene rings is 1. The van der Waals surface area contributed by atoms with Crippen molar-refractivity contribution in [3.63, 3.8) is 0 Å². The summed E-state index contributed by atoms with van der Waals surface area (Å²) in [6.07, 6.45) is 3.57. The maximum Gasteiger partial charge on any atom is 0.246 e. The van der Waals surface area contributed by atoms with Crippen LogP contribution in [0.2, 0.25) is 5.15 Å². The zero-order valence-electron chi connectivity index (χ0n) is 16.2. The van der Waals surface area contributed by atoms with E-state index in [1.165, 1.54) is 27.2 Å². The van der Waals surface area contributed by atoms with E-state index in [-0.39, 0.29) is 23.9 Å². The minimum atomic E-state index is -3.73. The molecular formula is C19H22ClFN4O3S. The number of carbonyl (C=O) groups is 1. The molecule has 0 bridgehead atoms. The van der Waals surface area contributed by atoms with Gasteiger partial charge in [-0.2, -0.15) is 9.40 Å². The van der Waals surface area contributed by atoms with Crippen molar-refractivity contribution in [2.24, 2.45) is 7.05 Å². The number of nitrogens with zero attached hydrogens (tertiary/aromatic N) is 4. The molecule has 29 heavy (non-hydrogen) atoms. The highest BCUT2D eigenvalue weighted by atomic mass is 35.5. The van der Waals surface area contributed by atoms with Gasteiger partial charge in [-0.05, 0) is 43.7 Å². The van der Waals surface area contributed by atoms with Gasteiger partial charge in [0.25, 0.3) is 0 Å². The predicted octanol–water partition coefficient (Wildman–Crippen LogP) is 2.46. The van der Waals surface area contributed by atoms with Gasteiger partial charge in [0, 0.05) is 44.9 Å². The van der Waals surface area contributed by atoms with E-state index in [9.17, 15) is 17.6 Å². The summed E-state index contributed by atoms with van der Waals surface area (Å²) in [5.74, 6) is -0.710. The zero-order chi connectivity index (χ0) is 21.2. The fourth-order valence-electron chi connectivity index (χ4n) is 3.21. The smallest absolute Gasteiger partial charge is 0.246 e.